The fourth-order valence-electron chi connectivity index (χ4n) is 2.26. The van der Waals surface area contributed by atoms with Crippen LogP contribution in [0.1, 0.15) is 24.5 Å². The molecule has 6 heteroatoms. The number of aryl methyl sites for hydroxylation is 1. The van der Waals surface area contributed by atoms with Crippen molar-refractivity contribution in [1.29, 1.82) is 5.26 Å². The first-order valence-corrected chi connectivity index (χ1v) is 8.01. The van der Waals surface area contributed by atoms with E-state index in [0.29, 0.717) is 37.2 Å². The first-order valence-electron chi connectivity index (χ1n) is 6.57. The van der Waals surface area contributed by atoms with Crippen LogP contribution in [0.25, 0.3) is 0 Å². The predicted molar refractivity (Wildman–Crippen MR) is 74.7 cm³/mol. The molecule has 0 aromatic heterocycles. The van der Waals surface area contributed by atoms with E-state index in [4.69, 9.17) is 10.00 Å². The van der Waals surface area contributed by atoms with Gasteiger partial charge in [0.25, 0.3) is 0 Å². The van der Waals surface area contributed by atoms with Crippen LogP contribution in [0.2, 0.25) is 0 Å². The zero-order chi connectivity index (χ0) is 14.8. The van der Waals surface area contributed by atoms with Gasteiger partial charge < -0.3 is 4.74 Å². The number of hydrogen-bond acceptors (Lipinski definition) is 4. The second kappa shape index (κ2) is 5.92. The van der Waals surface area contributed by atoms with Crippen molar-refractivity contribution in [3.63, 3.8) is 0 Å². The highest BCUT2D eigenvalue weighted by atomic mass is 32.2. The number of benzene rings is 1. The molecular weight excluding hydrogens is 276 g/mol. The van der Waals surface area contributed by atoms with E-state index in [-0.39, 0.29) is 11.0 Å². The lowest BCUT2D eigenvalue weighted by Gasteiger charge is -2.22. The smallest absolute Gasteiger partial charge is 0.243 e. The zero-order valence-corrected chi connectivity index (χ0v) is 12.5. The molecule has 1 atom stereocenters. The summed E-state index contributed by atoms with van der Waals surface area (Å²) in [7, 11) is -3.58. The molecule has 0 spiro atoms. The molecule has 1 heterocycles. The minimum Gasteiger partial charge on any atom is -0.377 e. The quantitative estimate of drug-likeness (QED) is 0.832. The Bertz CT molecular complexity index is 634. The monoisotopic (exact) mass is 294 g/mol. The number of nitrogens with zero attached hydrogens (tertiary/aromatic N) is 2. The molecular formula is C14H18N2O3S. The van der Waals surface area contributed by atoms with Crippen molar-refractivity contribution in [2.75, 3.05) is 19.7 Å². The minimum atomic E-state index is -3.58. The van der Waals surface area contributed by atoms with Crippen molar-refractivity contribution in [1.82, 2.24) is 4.31 Å². The van der Waals surface area contributed by atoms with E-state index in [1.54, 1.807) is 19.1 Å². The SMILES string of the molecule is Cc1ccc(C#N)cc1S(=O)(=O)N1CCCOC(C)C1. The van der Waals surface area contributed by atoms with Gasteiger partial charge in [-0.25, -0.2) is 8.42 Å². The van der Waals surface area contributed by atoms with Crippen molar-refractivity contribution < 1.29 is 13.2 Å². The Labute approximate surface area is 119 Å². The molecule has 5 nitrogen and oxygen atoms in total. The number of hydrogen-bond donors (Lipinski definition) is 0. The average Bonchev–Trinajstić information content (AvgIpc) is 2.64. The molecule has 0 radical (unpaired) electrons. The van der Waals surface area contributed by atoms with Gasteiger partial charge in [0, 0.05) is 19.7 Å². The topological polar surface area (TPSA) is 70.4 Å². The summed E-state index contributed by atoms with van der Waals surface area (Å²) in [5, 5.41) is 8.94. The summed E-state index contributed by atoms with van der Waals surface area (Å²) >= 11 is 0. The van der Waals surface area contributed by atoms with Crippen LogP contribution in [0.5, 0.6) is 0 Å². The van der Waals surface area contributed by atoms with E-state index in [9.17, 15) is 8.42 Å². The van der Waals surface area contributed by atoms with Crippen molar-refractivity contribution in [3.8, 4) is 6.07 Å². The van der Waals surface area contributed by atoms with Crippen molar-refractivity contribution in [3.05, 3.63) is 29.3 Å². The standard InChI is InChI=1S/C14H18N2O3S/c1-11-4-5-13(9-15)8-14(11)20(17,18)16-6-3-7-19-12(2)10-16/h4-5,8,12H,3,6-7,10H2,1-2H3. The molecule has 108 valence electrons. The normalized spacial score (nSPS) is 21.1. The maximum atomic E-state index is 12.7. The van der Waals surface area contributed by atoms with Crippen molar-refractivity contribution >= 4 is 10.0 Å². The summed E-state index contributed by atoms with van der Waals surface area (Å²) < 4.78 is 32.4. The van der Waals surface area contributed by atoms with Crippen LogP contribution in [0.3, 0.4) is 0 Å². The Morgan fingerprint density at radius 2 is 2.20 bits per heavy atom. The van der Waals surface area contributed by atoms with Gasteiger partial charge in [-0.3, -0.25) is 0 Å². The van der Waals surface area contributed by atoms with Crippen LogP contribution in [-0.4, -0.2) is 38.5 Å². The lowest BCUT2D eigenvalue weighted by Crippen LogP contribution is -2.36. The van der Waals surface area contributed by atoms with E-state index < -0.39 is 10.0 Å². The lowest BCUT2D eigenvalue weighted by atomic mass is 10.2. The molecule has 1 fully saturated rings. The second-order valence-electron chi connectivity index (χ2n) is 4.99. The second-order valence-corrected chi connectivity index (χ2v) is 6.90. The van der Waals surface area contributed by atoms with E-state index in [0.717, 1.165) is 0 Å². The van der Waals surface area contributed by atoms with Gasteiger partial charge in [0.2, 0.25) is 10.0 Å². The largest absolute Gasteiger partial charge is 0.377 e. The van der Waals surface area contributed by atoms with Crippen molar-refractivity contribution in [2.24, 2.45) is 0 Å². The van der Waals surface area contributed by atoms with Gasteiger partial charge in [-0.2, -0.15) is 9.57 Å². The fraction of sp³-hybridized carbons (Fsp3) is 0.500. The first kappa shape index (κ1) is 15.0. The van der Waals surface area contributed by atoms with Gasteiger partial charge in [0.15, 0.2) is 0 Å². The van der Waals surface area contributed by atoms with Crippen LogP contribution < -0.4 is 0 Å². The molecule has 1 aliphatic heterocycles. The van der Waals surface area contributed by atoms with Gasteiger partial charge in [0.05, 0.1) is 22.6 Å². The molecule has 1 aromatic rings. The molecule has 1 saturated heterocycles. The van der Waals surface area contributed by atoms with E-state index in [1.807, 2.05) is 13.0 Å². The third kappa shape index (κ3) is 3.01. The third-order valence-electron chi connectivity index (χ3n) is 3.35. The van der Waals surface area contributed by atoms with E-state index >= 15 is 0 Å². The Balaban J connectivity index is 2.41. The van der Waals surface area contributed by atoms with Gasteiger partial charge in [-0.15, -0.1) is 0 Å². The average molecular weight is 294 g/mol. The highest BCUT2D eigenvalue weighted by Crippen LogP contribution is 2.23. The summed E-state index contributed by atoms with van der Waals surface area (Å²) in [6, 6.07) is 6.73. The lowest BCUT2D eigenvalue weighted by molar-refractivity contribution is 0.0752. The molecule has 0 N–H and O–H groups in total. The summed E-state index contributed by atoms with van der Waals surface area (Å²) in [5.74, 6) is 0. The number of sulfonamides is 1. The Morgan fingerprint density at radius 1 is 1.45 bits per heavy atom. The highest BCUT2D eigenvalue weighted by Gasteiger charge is 2.29. The van der Waals surface area contributed by atoms with Crippen LogP contribution in [0.15, 0.2) is 23.1 Å². The molecule has 0 saturated carbocycles. The fourth-order valence-corrected chi connectivity index (χ4v) is 4.07. The minimum absolute atomic E-state index is 0.119. The molecule has 1 aliphatic rings. The van der Waals surface area contributed by atoms with Gasteiger partial charge in [-0.05, 0) is 38.0 Å². The molecule has 0 aliphatic carbocycles. The van der Waals surface area contributed by atoms with Crippen LogP contribution in [0.4, 0.5) is 0 Å². The number of ether oxygens (including phenoxy) is 1. The molecule has 1 aromatic carbocycles. The summed E-state index contributed by atoms with van der Waals surface area (Å²) in [4.78, 5) is 0.214. The summed E-state index contributed by atoms with van der Waals surface area (Å²) in [6.07, 6.45) is 0.562. The first-order chi connectivity index (χ1) is 9.45. The maximum absolute atomic E-state index is 12.7. The maximum Gasteiger partial charge on any atom is 0.243 e. The molecule has 1 unspecified atom stereocenters. The van der Waals surface area contributed by atoms with Gasteiger partial charge >= 0.3 is 0 Å². The Kier molecular flexibility index (Phi) is 4.43. The predicted octanol–water partition coefficient (Wildman–Crippen LogP) is 1.67. The summed E-state index contributed by atoms with van der Waals surface area (Å²) in [5.41, 5.74) is 1.01. The molecule has 0 amide bonds. The molecule has 2 rings (SSSR count). The highest BCUT2D eigenvalue weighted by molar-refractivity contribution is 7.89. The van der Waals surface area contributed by atoms with E-state index in [2.05, 4.69) is 0 Å². The van der Waals surface area contributed by atoms with Crippen LogP contribution in [0, 0.1) is 18.3 Å². The van der Waals surface area contributed by atoms with E-state index in [1.165, 1.54) is 10.4 Å². The number of rotatable bonds is 2. The Hall–Kier alpha value is -1.42. The third-order valence-corrected chi connectivity index (χ3v) is 5.36. The Morgan fingerprint density at radius 3 is 2.90 bits per heavy atom. The van der Waals surface area contributed by atoms with Crippen molar-refractivity contribution in [2.45, 2.75) is 31.3 Å². The molecule has 20 heavy (non-hydrogen) atoms. The van der Waals surface area contributed by atoms with Crippen LogP contribution >= 0.6 is 0 Å². The number of nitriles is 1. The van der Waals surface area contributed by atoms with Gasteiger partial charge in [-0.1, -0.05) is 6.07 Å². The van der Waals surface area contributed by atoms with Gasteiger partial charge in [0.1, 0.15) is 0 Å². The zero-order valence-electron chi connectivity index (χ0n) is 11.7. The molecule has 0 bridgehead atoms. The summed E-state index contributed by atoms with van der Waals surface area (Å²) in [6.45, 7) is 4.98. The van der Waals surface area contributed by atoms with Crippen LogP contribution in [-0.2, 0) is 14.8 Å².